The van der Waals surface area contributed by atoms with Crippen LogP contribution in [0.2, 0.25) is 5.02 Å². The molecule has 5 aromatic rings. The third-order valence-corrected chi connectivity index (χ3v) is 8.88. The lowest BCUT2D eigenvalue weighted by Gasteiger charge is -2.26. The maximum atomic E-state index is 14.4. The Balaban J connectivity index is 1.53. The Morgan fingerprint density at radius 1 is 0.979 bits per heavy atom. The Hall–Kier alpha value is -5.43. The zero-order chi connectivity index (χ0) is 33.6. The van der Waals surface area contributed by atoms with Crippen molar-refractivity contribution < 1.29 is 19.0 Å². The van der Waals surface area contributed by atoms with E-state index in [1.165, 1.54) is 11.3 Å². The van der Waals surface area contributed by atoms with E-state index >= 15 is 0 Å². The van der Waals surface area contributed by atoms with Crippen molar-refractivity contribution in [1.82, 2.24) is 4.57 Å². The first kappa shape index (κ1) is 32.5. The molecule has 1 aliphatic heterocycles. The molecule has 1 aliphatic rings. The number of esters is 1. The summed E-state index contributed by atoms with van der Waals surface area (Å²) >= 11 is 7.62. The predicted octanol–water partition coefficient (Wildman–Crippen LogP) is 6.44. The van der Waals surface area contributed by atoms with Gasteiger partial charge < -0.3 is 14.2 Å². The number of fused-ring (bicyclic) bond motifs is 1. The Morgan fingerprint density at radius 3 is 2.46 bits per heavy atom. The first-order valence-electron chi connectivity index (χ1n) is 15.3. The highest BCUT2D eigenvalue weighted by molar-refractivity contribution is 7.07. The summed E-state index contributed by atoms with van der Waals surface area (Å²) in [6.07, 6.45) is 1.72. The van der Waals surface area contributed by atoms with Gasteiger partial charge in [-0.05, 0) is 61.9 Å². The number of benzene rings is 4. The maximum absolute atomic E-state index is 14.4. The van der Waals surface area contributed by atoms with Crippen LogP contribution in [0.1, 0.15) is 47.7 Å². The fourth-order valence-corrected chi connectivity index (χ4v) is 6.66. The van der Waals surface area contributed by atoms with Gasteiger partial charge in [-0.25, -0.2) is 9.79 Å². The standard InChI is InChI=1S/C38H30ClN3O5S/c1-3-45-30-17-14-25(15-18-30)35-33(37(44)46-4-2)34(24-10-6-5-7-11-24)41-38-42(35)36(43)32(48-38)21-28-20-29(39)16-19-31(28)47-23-27-13-9-8-12-26(27)22-40/h5-21,35H,3-4,23H2,1-2H3/b32-21-/t35-/m0/s1. The lowest BCUT2D eigenvalue weighted by atomic mass is 9.93. The number of hydrogen-bond donors (Lipinski definition) is 0. The van der Waals surface area contributed by atoms with E-state index in [4.69, 9.17) is 30.8 Å². The number of rotatable bonds is 10. The van der Waals surface area contributed by atoms with Crippen molar-refractivity contribution in [3.05, 3.63) is 155 Å². The summed E-state index contributed by atoms with van der Waals surface area (Å²) in [5, 5.41) is 9.98. The molecule has 0 aliphatic carbocycles. The number of aromatic nitrogens is 1. The molecule has 240 valence electrons. The van der Waals surface area contributed by atoms with Gasteiger partial charge in [-0.15, -0.1) is 0 Å². The van der Waals surface area contributed by atoms with Crippen molar-refractivity contribution in [2.45, 2.75) is 26.5 Å². The minimum Gasteiger partial charge on any atom is -0.494 e. The minimum atomic E-state index is -0.828. The largest absolute Gasteiger partial charge is 0.494 e. The van der Waals surface area contributed by atoms with Crippen LogP contribution in [0.3, 0.4) is 0 Å². The summed E-state index contributed by atoms with van der Waals surface area (Å²) in [6, 6.07) is 30.4. The molecule has 0 unspecified atom stereocenters. The summed E-state index contributed by atoms with van der Waals surface area (Å²) in [4.78, 5) is 33.4. The third-order valence-electron chi connectivity index (χ3n) is 7.66. The van der Waals surface area contributed by atoms with E-state index in [-0.39, 0.29) is 24.3 Å². The molecule has 0 N–H and O–H groups in total. The van der Waals surface area contributed by atoms with Gasteiger partial charge in [0.05, 0.1) is 46.7 Å². The molecule has 0 spiro atoms. The SMILES string of the molecule is CCOC(=O)C1=C(c2ccccc2)N=c2s/c(=C\c3cc(Cl)ccc3OCc3ccccc3C#N)c(=O)n2[C@H]1c1ccc(OCC)cc1. The van der Waals surface area contributed by atoms with Gasteiger partial charge >= 0.3 is 5.97 Å². The molecule has 0 bridgehead atoms. The normalized spacial score (nSPS) is 14.1. The van der Waals surface area contributed by atoms with E-state index < -0.39 is 12.0 Å². The van der Waals surface area contributed by atoms with Gasteiger partial charge in [0.25, 0.3) is 5.56 Å². The van der Waals surface area contributed by atoms with Crippen LogP contribution in [0.5, 0.6) is 11.5 Å². The van der Waals surface area contributed by atoms with Crippen molar-refractivity contribution in [3.63, 3.8) is 0 Å². The number of ether oxygens (including phenoxy) is 3. The Morgan fingerprint density at radius 2 is 1.73 bits per heavy atom. The fourth-order valence-electron chi connectivity index (χ4n) is 5.48. The van der Waals surface area contributed by atoms with Crippen LogP contribution in [0.4, 0.5) is 0 Å². The molecule has 1 aromatic heterocycles. The second-order valence-electron chi connectivity index (χ2n) is 10.7. The molecule has 0 radical (unpaired) electrons. The maximum Gasteiger partial charge on any atom is 0.338 e. The number of nitrogens with zero attached hydrogens (tertiary/aromatic N) is 3. The van der Waals surface area contributed by atoms with Crippen LogP contribution in [0, 0.1) is 11.3 Å². The number of thiazole rings is 1. The van der Waals surface area contributed by atoms with Crippen LogP contribution in [0.25, 0.3) is 11.8 Å². The van der Waals surface area contributed by atoms with Crippen molar-refractivity contribution in [2.75, 3.05) is 13.2 Å². The lowest BCUT2D eigenvalue weighted by Crippen LogP contribution is -2.40. The first-order chi connectivity index (χ1) is 23.4. The zero-order valence-electron chi connectivity index (χ0n) is 26.2. The number of nitriles is 1. The Bertz CT molecular complexity index is 2240. The van der Waals surface area contributed by atoms with Crippen LogP contribution in [-0.4, -0.2) is 23.8 Å². The fraction of sp³-hybridized carbons (Fsp3) is 0.158. The molecule has 0 saturated carbocycles. The van der Waals surface area contributed by atoms with Gasteiger partial charge in [0.1, 0.15) is 18.1 Å². The Labute approximate surface area is 286 Å². The van der Waals surface area contributed by atoms with E-state index in [0.29, 0.717) is 54.8 Å². The van der Waals surface area contributed by atoms with Crippen molar-refractivity contribution in [3.8, 4) is 17.6 Å². The van der Waals surface area contributed by atoms with Gasteiger partial charge in [0.2, 0.25) is 0 Å². The summed E-state index contributed by atoms with van der Waals surface area (Å²) in [6.45, 7) is 4.45. The number of halogens is 1. The van der Waals surface area contributed by atoms with E-state index in [1.54, 1.807) is 47.9 Å². The first-order valence-corrected chi connectivity index (χ1v) is 16.5. The number of carbonyl (C=O) groups excluding carboxylic acids is 1. The highest BCUT2D eigenvalue weighted by atomic mass is 35.5. The molecule has 1 atom stereocenters. The molecule has 0 amide bonds. The number of hydrogen-bond acceptors (Lipinski definition) is 8. The quantitative estimate of drug-likeness (QED) is 0.158. The summed E-state index contributed by atoms with van der Waals surface area (Å²) in [5.74, 6) is 0.596. The lowest BCUT2D eigenvalue weighted by molar-refractivity contribution is -0.138. The van der Waals surface area contributed by atoms with Gasteiger partial charge in [-0.1, -0.05) is 83.6 Å². The van der Waals surface area contributed by atoms with Gasteiger partial charge in [0, 0.05) is 21.7 Å². The zero-order valence-corrected chi connectivity index (χ0v) is 27.8. The molecule has 2 heterocycles. The predicted molar refractivity (Wildman–Crippen MR) is 186 cm³/mol. The summed E-state index contributed by atoms with van der Waals surface area (Å²) in [7, 11) is 0. The summed E-state index contributed by atoms with van der Waals surface area (Å²) < 4.78 is 19.3. The second kappa shape index (κ2) is 14.6. The van der Waals surface area contributed by atoms with E-state index in [2.05, 4.69) is 6.07 Å². The van der Waals surface area contributed by atoms with Crippen LogP contribution < -0.4 is 24.4 Å². The van der Waals surface area contributed by atoms with Crippen LogP contribution in [-0.2, 0) is 16.1 Å². The molecular formula is C38H30ClN3O5S. The number of carbonyl (C=O) groups is 1. The molecular weight excluding hydrogens is 646 g/mol. The average Bonchev–Trinajstić information content (AvgIpc) is 3.42. The topological polar surface area (TPSA) is 103 Å². The van der Waals surface area contributed by atoms with Crippen molar-refractivity contribution >= 4 is 40.7 Å². The van der Waals surface area contributed by atoms with Gasteiger partial charge in [-0.2, -0.15) is 5.26 Å². The smallest absolute Gasteiger partial charge is 0.338 e. The Kier molecular flexibility index (Phi) is 9.86. The third kappa shape index (κ3) is 6.67. The molecule has 10 heteroatoms. The van der Waals surface area contributed by atoms with Crippen molar-refractivity contribution in [1.29, 1.82) is 5.26 Å². The minimum absolute atomic E-state index is 0.147. The molecule has 4 aromatic carbocycles. The average molecular weight is 676 g/mol. The highest BCUT2D eigenvalue weighted by Crippen LogP contribution is 2.36. The van der Waals surface area contributed by atoms with Crippen molar-refractivity contribution in [2.24, 2.45) is 4.99 Å². The molecule has 8 nitrogen and oxygen atoms in total. The van der Waals surface area contributed by atoms with Gasteiger partial charge in [0.15, 0.2) is 4.80 Å². The van der Waals surface area contributed by atoms with Gasteiger partial charge in [-0.3, -0.25) is 9.36 Å². The highest BCUT2D eigenvalue weighted by Gasteiger charge is 2.35. The summed E-state index contributed by atoms with van der Waals surface area (Å²) in [5.41, 5.74) is 3.59. The van der Waals surface area contributed by atoms with Crippen LogP contribution in [0.15, 0.2) is 112 Å². The second-order valence-corrected chi connectivity index (χ2v) is 12.1. The van der Waals surface area contributed by atoms with Crippen LogP contribution >= 0.6 is 22.9 Å². The monoisotopic (exact) mass is 675 g/mol. The van der Waals surface area contributed by atoms with E-state index in [9.17, 15) is 14.9 Å². The molecule has 48 heavy (non-hydrogen) atoms. The molecule has 0 fully saturated rings. The van der Waals surface area contributed by atoms with E-state index in [0.717, 1.165) is 11.1 Å². The molecule has 0 saturated heterocycles. The molecule has 6 rings (SSSR count). The van der Waals surface area contributed by atoms with E-state index in [1.807, 2.05) is 73.7 Å².